The van der Waals surface area contributed by atoms with E-state index in [2.05, 4.69) is 18.2 Å². The van der Waals surface area contributed by atoms with Crippen LogP contribution in [0.5, 0.6) is 11.5 Å². The third-order valence-electron chi connectivity index (χ3n) is 4.67. The average molecular weight is 387 g/mol. The summed E-state index contributed by atoms with van der Waals surface area (Å²) < 4.78 is 12.2. The Kier molecular flexibility index (Phi) is 11.1. The molecule has 0 atom stereocenters. The van der Waals surface area contributed by atoms with Crippen molar-refractivity contribution in [2.24, 2.45) is 0 Å². The van der Waals surface area contributed by atoms with Crippen LogP contribution in [0.2, 0.25) is 0 Å². The largest absolute Gasteiger partial charge is 0.490 e. The lowest BCUT2D eigenvalue weighted by molar-refractivity contribution is 0.252. The molecule has 0 amide bonds. The lowest BCUT2D eigenvalue weighted by Gasteiger charge is -2.17. The van der Waals surface area contributed by atoms with Crippen LogP contribution in [0.3, 0.4) is 0 Å². The van der Waals surface area contributed by atoms with Crippen LogP contribution >= 0.6 is 0 Å². The SMILES string of the molecule is OCCCCCCOc1cccc(-c2ccccc2)c1OCCCCCCO. The van der Waals surface area contributed by atoms with Gasteiger partial charge in [-0.1, -0.05) is 55.3 Å². The Hall–Kier alpha value is -2.04. The van der Waals surface area contributed by atoms with Crippen molar-refractivity contribution in [3.8, 4) is 22.6 Å². The van der Waals surface area contributed by atoms with Crippen LogP contribution in [0.4, 0.5) is 0 Å². The second-order valence-corrected chi connectivity index (χ2v) is 6.97. The Morgan fingerprint density at radius 2 is 1.18 bits per heavy atom. The molecule has 0 radical (unpaired) electrons. The predicted molar refractivity (Wildman–Crippen MR) is 114 cm³/mol. The van der Waals surface area contributed by atoms with E-state index in [9.17, 15) is 0 Å². The molecule has 4 heteroatoms. The van der Waals surface area contributed by atoms with Gasteiger partial charge >= 0.3 is 0 Å². The summed E-state index contributed by atoms with van der Waals surface area (Å²) in [6.45, 7) is 1.81. The highest BCUT2D eigenvalue weighted by Crippen LogP contribution is 2.38. The van der Waals surface area contributed by atoms with Gasteiger partial charge in [0.15, 0.2) is 11.5 Å². The lowest BCUT2D eigenvalue weighted by atomic mass is 10.0. The number of rotatable bonds is 15. The van der Waals surface area contributed by atoms with Crippen LogP contribution in [0, 0.1) is 0 Å². The summed E-state index contributed by atoms with van der Waals surface area (Å²) in [5, 5.41) is 17.8. The smallest absolute Gasteiger partial charge is 0.168 e. The standard InChI is InChI=1S/C24H34O4/c25-17-8-1-3-10-19-27-23-16-12-15-22(21-13-6-5-7-14-21)24(23)28-20-11-4-2-9-18-26/h5-7,12-16,25-26H,1-4,8-11,17-20H2. The highest BCUT2D eigenvalue weighted by Gasteiger charge is 2.13. The monoisotopic (exact) mass is 386 g/mol. The molecule has 0 saturated carbocycles. The van der Waals surface area contributed by atoms with Crippen molar-refractivity contribution in [1.29, 1.82) is 0 Å². The van der Waals surface area contributed by atoms with Gasteiger partial charge < -0.3 is 19.7 Å². The molecule has 0 aliphatic rings. The number of benzene rings is 2. The number of aliphatic hydroxyl groups is 2. The predicted octanol–water partition coefficient (Wildman–Crippen LogP) is 5.22. The number of hydrogen-bond acceptors (Lipinski definition) is 4. The third kappa shape index (κ3) is 7.91. The summed E-state index contributed by atoms with van der Waals surface area (Å²) in [5.74, 6) is 1.60. The molecule has 0 aliphatic carbocycles. The summed E-state index contributed by atoms with van der Waals surface area (Å²) >= 11 is 0. The molecule has 154 valence electrons. The fourth-order valence-electron chi connectivity index (χ4n) is 3.11. The number of hydrogen-bond donors (Lipinski definition) is 2. The van der Waals surface area contributed by atoms with Crippen molar-refractivity contribution in [3.63, 3.8) is 0 Å². The molecule has 28 heavy (non-hydrogen) atoms. The van der Waals surface area contributed by atoms with Crippen LogP contribution in [0.25, 0.3) is 11.1 Å². The van der Waals surface area contributed by atoms with Crippen molar-refractivity contribution >= 4 is 0 Å². The van der Waals surface area contributed by atoms with Crippen LogP contribution in [0.1, 0.15) is 51.4 Å². The van der Waals surface area contributed by atoms with Gasteiger partial charge in [-0.3, -0.25) is 0 Å². The molecule has 0 aliphatic heterocycles. The minimum atomic E-state index is 0.258. The van der Waals surface area contributed by atoms with Crippen LogP contribution in [-0.4, -0.2) is 36.6 Å². The van der Waals surface area contributed by atoms with E-state index in [-0.39, 0.29) is 13.2 Å². The highest BCUT2D eigenvalue weighted by atomic mass is 16.5. The van der Waals surface area contributed by atoms with E-state index >= 15 is 0 Å². The first-order valence-electron chi connectivity index (χ1n) is 10.5. The van der Waals surface area contributed by atoms with Crippen molar-refractivity contribution in [1.82, 2.24) is 0 Å². The van der Waals surface area contributed by atoms with E-state index in [1.807, 2.05) is 30.3 Å². The molecule has 4 nitrogen and oxygen atoms in total. The van der Waals surface area contributed by atoms with E-state index in [0.717, 1.165) is 74.0 Å². The molecule has 0 fully saturated rings. The van der Waals surface area contributed by atoms with Crippen molar-refractivity contribution in [2.45, 2.75) is 51.4 Å². The third-order valence-corrected chi connectivity index (χ3v) is 4.67. The molecule has 0 unspecified atom stereocenters. The number of unbranched alkanes of at least 4 members (excludes halogenated alkanes) is 6. The maximum absolute atomic E-state index is 8.89. The molecule has 0 aromatic heterocycles. The van der Waals surface area contributed by atoms with Gasteiger partial charge in [0.1, 0.15) is 0 Å². The van der Waals surface area contributed by atoms with Gasteiger partial charge in [-0.05, 0) is 50.2 Å². The number of para-hydroxylation sites is 1. The Labute approximate surface area is 169 Å². The molecule has 2 aromatic carbocycles. The zero-order chi connectivity index (χ0) is 19.9. The van der Waals surface area contributed by atoms with E-state index in [1.165, 1.54) is 0 Å². The Morgan fingerprint density at radius 1 is 0.571 bits per heavy atom. The molecular formula is C24H34O4. The van der Waals surface area contributed by atoms with Gasteiger partial charge in [0.2, 0.25) is 0 Å². The van der Waals surface area contributed by atoms with Crippen LogP contribution in [-0.2, 0) is 0 Å². The summed E-state index contributed by atoms with van der Waals surface area (Å²) in [4.78, 5) is 0. The average Bonchev–Trinajstić information content (AvgIpc) is 2.74. The summed E-state index contributed by atoms with van der Waals surface area (Å²) in [6.07, 6.45) is 7.80. The van der Waals surface area contributed by atoms with Gasteiger partial charge in [0, 0.05) is 18.8 Å². The summed E-state index contributed by atoms with van der Waals surface area (Å²) in [7, 11) is 0. The fourth-order valence-corrected chi connectivity index (χ4v) is 3.11. The molecule has 2 rings (SSSR count). The van der Waals surface area contributed by atoms with Crippen LogP contribution < -0.4 is 9.47 Å². The Balaban J connectivity index is 2.01. The molecule has 0 bridgehead atoms. The zero-order valence-electron chi connectivity index (χ0n) is 16.8. The van der Waals surface area contributed by atoms with E-state index in [4.69, 9.17) is 19.7 Å². The van der Waals surface area contributed by atoms with E-state index in [0.29, 0.717) is 13.2 Å². The van der Waals surface area contributed by atoms with Gasteiger partial charge in [-0.25, -0.2) is 0 Å². The second kappa shape index (κ2) is 14.0. The first-order valence-corrected chi connectivity index (χ1v) is 10.5. The van der Waals surface area contributed by atoms with Crippen molar-refractivity contribution in [2.75, 3.05) is 26.4 Å². The lowest BCUT2D eigenvalue weighted by Crippen LogP contribution is -2.04. The topological polar surface area (TPSA) is 58.9 Å². The molecular weight excluding hydrogens is 352 g/mol. The van der Waals surface area contributed by atoms with E-state index in [1.54, 1.807) is 0 Å². The summed E-state index contributed by atoms with van der Waals surface area (Å²) in [6, 6.07) is 16.3. The Bertz CT molecular complexity index is 642. The molecule has 0 spiro atoms. The zero-order valence-corrected chi connectivity index (χ0v) is 16.8. The van der Waals surface area contributed by atoms with Crippen molar-refractivity contribution in [3.05, 3.63) is 48.5 Å². The van der Waals surface area contributed by atoms with Crippen molar-refractivity contribution < 1.29 is 19.7 Å². The number of ether oxygens (including phenoxy) is 2. The fraction of sp³-hybridized carbons (Fsp3) is 0.500. The van der Waals surface area contributed by atoms with Gasteiger partial charge in [-0.2, -0.15) is 0 Å². The second-order valence-electron chi connectivity index (χ2n) is 6.97. The molecule has 2 aromatic rings. The quantitative estimate of drug-likeness (QED) is 0.412. The van der Waals surface area contributed by atoms with Gasteiger partial charge in [0.25, 0.3) is 0 Å². The molecule has 0 heterocycles. The number of aliphatic hydroxyl groups excluding tert-OH is 2. The van der Waals surface area contributed by atoms with Gasteiger partial charge in [0.05, 0.1) is 13.2 Å². The Morgan fingerprint density at radius 3 is 1.82 bits per heavy atom. The van der Waals surface area contributed by atoms with E-state index < -0.39 is 0 Å². The molecule has 2 N–H and O–H groups in total. The van der Waals surface area contributed by atoms with Crippen LogP contribution in [0.15, 0.2) is 48.5 Å². The summed E-state index contributed by atoms with van der Waals surface area (Å²) in [5.41, 5.74) is 2.17. The maximum Gasteiger partial charge on any atom is 0.168 e. The normalized spacial score (nSPS) is 10.8. The minimum absolute atomic E-state index is 0.258. The first-order chi connectivity index (χ1) is 13.9. The first kappa shape index (κ1) is 22.3. The maximum atomic E-state index is 8.89. The minimum Gasteiger partial charge on any atom is -0.490 e. The highest BCUT2D eigenvalue weighted by molar-refractivity contribution is 5.73. The van der Waals surface area contributed by atoms with Gasteiger partial charge in [-0.15, -0.1) is 0 Å². The molecule has 0 saturated heterocycles.